The van der Waals surface area contributed by atoms with Gasteiger partial charge in [0.2, 0.25) is 12.3 Å². The fraction of sp³-hybridized carbons (Fsp3) is 1.00. The van der Waals surface area contributed by atoms with Gasteiger partial charge in [-0.25, -0.2) is 8.78 Å². The van der Waals surface area contributed by atoms with Crippen LogP contribution in [0.25, 0.3) is 0 Å². The van der Waals surface area contributed by atoms with E-state index in [9.17, 15) is 26.3 Å². The smallest absolute Gasteiger partial charge is 0.304 e. The van der Waals surface area contributed by atoms with Crippen molar-refractivity contribution in [2.45, 2.75) is 32.1 Å². The Morgan fingerprint density at radius 2 is 0.842 bits per heavy atom. The van der Waals surface area contributed by atoms with E-state index in [2.05, 4.69) is 27.9 Å². The molecular weight excluding hydrogens is 415 g/mol. The summed E-state index contributed by atoms with van der Waals surface area (Å²) in [7, 11) is 0. The molecule has 116 valence electrons. The molecule has 0 rings (SSSR count). The van der Waals surface area contributed by atoms with E-state index in [0.717, 1.165) is 0 Å². The molecule has 0 aliphatic carbocycles. The number of hydrogen-bond acceptors (Lipinski definition) is 1. The lowest BCUT2D eigenvalue weighted by molar-refractivity contribution is -0.130. The highest BCUT2D eigenvalue weighted by Gasteiger charge is 2.60. The van der Waals surface area contributed by atoms with Crippen LogP contribution in [0, 0.1) is 0 Å². The molecule has 1 nitrogen and oxygen atoms in total. The lowest BCUT2D eigenvalue weighted by Crippen LogP contribution is -2.50. The second-order valence-corrected chi connectivity index (χ2v) is 6.67. The van der Waals surface area contributed by atoms with Gasteiger partial charge in [-0.05, 0) is 23.2 Å². The van der Waals surface area contributed by atoms with Gasteiger partial charge in [0.05, 0.1) is 0 Å². The highest BCUT2D eigenvalue weighted by molar-refractivity contribution is 6.51. The van der Waals surface area contributed by atoms with E-state index in [4.69, 9.17) is 46.4 Å². The molecule has 2 atom stereocenters. The first-order valence-corrected chi connectivity index (χ1v) is 6.16. The molecule has 13 heteroatoms. The minimum atomic E-state index is -4.66. The predicted octanol–water partition coefficient (Wildman–Crippen LogP) is 5.61. The summed E-state index contributed by atoms with van der Waals surface area (Å²) >= 11 is 28.2. The van der Waals surface area contributed by atoms with E-state index in [1.807, 2.05) is 0 Å². The molecule has 0 N–H and O–H groups in total. The summed E-state index contributed by atoms with van der Waals surface area (Å²) in [6.07, 6.45) is -7.34. The minimum Gasteiger partial charge on any atom is -0.304 e. The Bertz CT molecular complexity index is 284. The third-order valence-corrected chi connectivity index (χ3v) is 2.90. The van der Waals surface area contributed by atoms with Gasteiger partial charge in [0, 0.05) is 0 Å². The van der Waals surface area contributed by atoms with Gasteiger partial charge < -0.3 is 4.74 Å². The van der Waals surface area contributed by atoms with Crippen molar-refractivity contribution >= 4 is 69.6 Å². The van der Waals surface area contributed by atoms with Crippen molar-refractivity contribution in [2.75, 3.05) is 0 Å². The van der Waals surface area contributed by atoms with Crippen LogP contribution in [0.4, 0.5) is 26.3 Å². The predicted molar refractivity (Wildman–Crippen MR) is 61.4 cm³/mol. The van der Waals surface area contributed by atoms with Crippen LogP contribution >= 0.6 is 69.6 Å². The van der Waals surface area contributed by atoms with Crippen molar-refractivity contribution in [3.05, 3.63) is 0 Å². The van der Waals surface area contributed by atoms with Gasteiger partial charge >= 0.3 is 10.8 Å². The van der Waals surface area contributed by atoms with Gasteiger partial charge in [0.1, 0.15) is 0 Å². The van der Waals surface area contributed by atoms with Crippen LogP contribution in [0.1, 0.15) is 0 Å². The zero-order valence-corrected chi connectivity index (χ0v) is 12.6. The van der Waals surface area contributed by atoms with Gasteiger partial charge in [-0.1, -0.05) is 46.4 Å². The molecule has 0 aliphatic heterocycles. The molecule has 0 saturated carbocycles. The Morgan fingerprint density at radius 3 is 1.00 bits per heavy atom. The minimum absolute atomic E-state index is 3.62. The Morgan fingerprint density at radius 1 is 0.632 bits per heavy atom. The molecule has 0 aromatic rings. The van der Waals surface area contributed by atoms with E-state index < -0.39 is 32.1 Å². The van der Waals surface area contributed by atoms with E-state index in [1.165, 1.54) is 0 Å². The molecule has 0 aliphatic rings. The Labute approximate surface area is 132 Å². The Balaban J connectivity index is 5.11. The van der Waals surface area contributed by atoms with E-state index in [1.54, 1.807) is 0 Å². The van der Waals surface area contributed by atoms with Gasteiger partial charge in [-0.2, -0.15) is 17.6 Å². The Hall–Kier alpha value is 1.28. The summed E-state index contributed by atoms with van der Waals surface area (Å²) in [5.74, 6) is 0. The monoisotopic (exact) mass is 414 g/mol. The lowest BCUT2D eigenvalue weighted by atomic mass is 10.4. The zero-order valence-electron chi connectivity index (χ0n) is 8.10. The van der Waals surface area contributed by atoms with Crippen LogP contribution in [-0.2, 0) is 4.74 Å². The van der Waals surface area contributed by atoms with Crippen LogP contribution in [-0.4, -0.2) is 32.1 Å². The second kappa shape index (κ2) is 6.18. The topological polar surface area (TPSA) is 9.23 Å². The van der Waals surface area contributed by atoms with Crippen LogP contribution in [0.5, 0.6) is 0 Å². The molecule has 0 spiro atoms. The molecular formula is C6H2Cl6F6O. The van der Waals surface area contributed by atoms with E-state index in [-0.39, 0.29) is 0 Å². The summed E-state index contributed by atoms with van der Waals surface area (Å²) in [4.78, 5) is 0. The summed E-state index contributed by atoms with van der Waals surface area (Å²) < 4.78 is 72.3. The standard InChI is InChI=1S/C6H2Cl6F6O/c7-3(8,1(13)5(11,15)16)19-4(9,10)2(14)6(12,17)18/h1-2H. The van der Waals surface area contributed by atoms with Gasteiger partial charge in [0.15, 0.2) is 0 Å². The summed E-state index contributed by atoms with van der Waals surface area (Å²) in [5, 5.41) is -9.33. The quantitative estimate of drug-likeness (QED) is 0.404. The van der Waals surface area contributed by atoms with Gasteiger partial charge in [-0.15, -0.1) is 0 Å². The average molecular weight is 417 g/mol. The average Bonchev–Trinajstić information content (AvgIpc) is 2.10. The molecule has 0 fully saturated rings. The van der Waals surface area contributed by atoms with Crippen LogP contribution in [0.15, 0.2) is 0 Å². The molecule has 0 aromatic carbocycles. The fourth-order valence-corrected chi connectivity index (χ4v) is 2.39. The third-order valence-electron chi connectivity index (χ3n) is 1.44. The molecule has 0 saturated heterocycles. The maximum Gasteiger partial charge on any atom is 0.357 e. The molecule has 0 heterocycles. The number of hydrogen-bond donors (Lipinski definition) is 0. The summed E-state index contributed by atoms with van der Waals surface area (Å²) in [6, 6.07) is 0. The number of ether oxygens (including phenoxy) is 1. The highest BCUT2D eigenvalue weighted by Crippen LogP contribution is 2.48. The van der Waals surface area contributed by atoms with Crippen molar-refractivity contribution in [3.8, 4) is 0 Å². The number of rotatable bonds is 6. The molecule has 0 amide bonds. The van der Waals surface area contributed by atoms with Crippen molar-refractivity contribution in [2.24, 2.45) is 0 Å². The van der Waals surface area contributed by atoms with Crippen molar-refractivity contribution < 1.29 is 31.1 Å². The maximum atomic E-state index is 13.0. The first kappa shape index (κ1) is 20.3. The SMILES string of the molecule is FC(C(F)(F)Cl)C(Cl)(Cl)OC(Cl)(Cl)C(F)C(F)(F)Cl. The largest absolute Gasteiger partial charge is 0.357 e. The van der Waals surface area contributed by atoms with Crippen LogP contribution in [0.2, 0.25) is 0 Å². The summed E-state index contributed by atoms with van der Waals surface area (Å²) in [5.41, 5.74) is 0. The first-order chi connectivity index (χ1) is 8.02. The second-order valence-electron chi connectivity index (χ2n) is 3.03. The van der Waals surface area contributed by atoms with Crippen molar-refractivity contribution in [1.29, 1.82) is 0 Å². The molecule has 0 radical (unpaired) electrons. The molecule has 0 aromatic heterocycles. The lowest BCUT2D eigenvalue weighted by Gasteiger charge is -2.34. The maximum absolute atomic E-state index is 13.0. The van der Waals surface area contributed by atoms with Gasteiger partial charge in [0.25, 0.3) is 9.04 Å². The van der Waals surface area contributed by atoms with Crippen molar-refractivity contribution in [1.82, 2.24) is 0 Å². The van der Waals surface area contributed by atoms with Crippen molar-refractivity contribution in [3.63, 3.8) is 0 Å². The van der Waals surface area contributed by atoms with Gasteiger partial charge in [-0.3, -0.25) is 0 Å². The normalized spacial score (nSPS) is 18.3. The molecule has 0 bridgehead atoms. The number of alkyl halides is 12. The number of halogens is 12. The molecule has 19 heavy (non-hydrogen) atoms. The Kier molecular flexibility index (Phi) is 6.60. The van der Waals surface area contributed by atoms with Crippen LogP contribution in [0.3, 0.4) is 0 Å². The van der Waals surface area contributed by atoms with E-state index >= 15 is 0 Å². The van der Waals surface area contributed by atoms with E-state index in [0.29, 0.717) is 0 Å². The third kappa shape index (κ3) is 5.88. The van der Waals surface area contributed by atoms with Crippen LogP contribution < -0.4 is 0 Å². The molecule has 2 unspecified atom stereocenters. The fourth-order valence-electron chi connectivity index (χ4n) is 0.666. The summed E-state index contributed by atoms with van der Waals surface area (Å²) in [6.45, 7) is 0. The zero-order chi connectivity index (χ0) is 15.9. The first-order valence-electron chi connectivity index (χ1n) is 3.89. The highest BCUT2D eigenvalue weighted by atomic mass is 35.5.